The molecule has 0 bridgehead atoms. The molecule has 0 spiro atoms. The number of hydrogen-bond acceptors (Lipinski definition) is 4. The van der Waals surface area contributed by atoms with Gasteiger partial charge in [-0.25, -0.2) is 4.79 Å². The minimum atomic E-state index is -0.422. The summed E-state index contributed by atoms with van der Waals surface area (Å²) >= 11 is 0. The number of nitrogen functional groups attached to an aromatic ring is 1. The van der Waals surface area contributed by atoms with Gasteiger partial charge in [0.2, 0.25) is 0 Å². The van der Waals surface area contributed by atoms with Gasteiger partial charge in [0.25, 0.3) is 0 Å². The van der Waals surface area contributed by atoms with E-state index in [2.05, 4.69) is 0 Å². The first kappa shape index (κ1) is 11.4. The van der Waals surface area contributed by atoms with E-state index < -0.39 is 5.97 Å². The molecule has 0 atom stereocenters. The second-order valence-corrected chi connectivity index (χ2v) is 3.38. The summed E-state index contributed by atoms with van der Waals surface area (Å²) in [6.45, 7) is 3.58. The van der Waals surface area contributed by atoms with Crippen molar-refractivity contribution in [1.82, 2.24) is 0 Å². The van der Waals surface area contributed by atoms with Crippen molar-refractivity contribution in [1.29, 1.82) is 0 Å². The van der Waals surface area contributed by atoms with Gasteiger partial charge in [0.05, 0.1) is 18.9 Å². The lowest BCUT2D eigenvalue weighted by Crippen LogP contribution is -2.13. The fourth-order valence-corrected chi connectivity index (χ4v) is 1.22. The van der Waals surface area contributed by atoms with Gasteiger partial charge in [-0.2, -0.15) is 0 Å². The molecular weight excluding hydrogens is 194 g/mol. The van der Waals surface area contributed by atoms with Crippen LogP contribution in [0.4, 0.5) is 5.69 Å². The van der Waals surface area contributed by atoms with Gasteiger partial charge in [0, 0.05) is 0 Å². The molecule has 0 fully saturated rings. The molecule has 0 radical (unpaired) electrons. The van der Waals surface area contributed by atoms with Gasteiger partial charge in [0.1, 0.15) is 5.56 Å². The molecule has 82 valence electrons. The number of nitrogens with two attached hydrogens (primary N) is 1. The molecule has 0 saturated carbocycles. The van der Waals surface area contributed by atoms with Crippen LogP contribution < -0.4 is 10.5 Å². The fraction of sp³-hybridized carbons (Fsp3) is 0.364. The van der Waals surface area contributed by atoms with Crippen molar-refractivity contribution in [3.63, 3.8) is 0 Å². The predicted octanol–water partition coefficient (Wildman–Crippen LogP) is 1.84. The second kappa shape index (κ2) is 4.68. The van der Waals surface area contributed by atoms with Crippen LogP contribution in [0.3, 0.4) is 0 Å². The van der Waals surface area contributed by atoms with Crippen LogP contribution in [0.1, 0.15) is 24.2 Å². The summed E-state index contributed by atoms with van der Waals surface area (Å²) in [4.78, 5) is 11.6. The molecule has 0 amide bonds. The average molecular weight is 209 g/mol. The first-order chi connectivity index (χ1) is 7.06. The Kier molecular flexibility index (Phi) is 3.55. The Morgan fingerprint density at radius 3 is 2.60 bits per heavy atom. The molecule has 0 unspecified atom stereocenters. The topological polar surface area (TPSA) is 61.5 Å². The molecule has 0 aliphatic rings. The molecule has 15 heavy (non-hydrogen) atoms. The Balaban J connectivity index is 3.03. The highest BCUT2D eigenvalue weighted by atomic mass is 16.5. The Labute approximate surface area is 89.0 Å². The van der Waals surface area contributed by atoms with Crippen molar-refractivity contribution >= 4 is 11.7 Å². The maximum atomic E-state index is 11.6. The summed E-state index contributed by atoms with van der Waals surface area (Å²) < 4.78 is 10.1. The quantitative estimate of drug-likeness (QED) is 0.609. The monoisotopic (exact) mass is 209 g/mol. The summed E-state index contributed by atoms with van der Waals surface area (Å²) in [5, 5.41) is 0. The smallest absolute Gasteiger partial charge is 0.342 e. The van der Waals surface area contributed by atoms with Crippen LogP contribution in [0, 0.1) is 0 Å². The van der Waals surface area contributed by atoms with E-state index in [1.165, 1.54) is 7.11 Å². The molecule has 2 N–H and O–H groups in total. The number of carbonyl (C=O) groups excluding carboxylic acids is 1. The van der Waals surface area contributed by atoms with Crippen LogP contribution in [0.2, 0.25) is 0 Å². The Bertz CT molecular complexity index is 361. The van der Waals surface area contributed by atoms with Crippen LogP contribution in [-0.4, -0.2) is 19.2 Å². The van der Waals surface area contributed by atoms with Gasteiger partial charge < -0.3 is 15.2 Å². The predicted molar refractivity (Wildman–Crippen MR) is 58.0 cm³/mol. The van der Waals surface area contributed by atoms with Gasteiger partial charge in [0.15, 0.2) is 5.75 Å². The highest BCUT2D eigenvalue weighted by Gasteiger charge is 2.16. The van der Waals surface area contributed by atoms with Crippen molar-refractivity contribution in [2.45, 2.75) is 20.0 Å². The summed E-state index contributed by atoms with van der Waals surface area (Å²) in [6.07, 6.45) is -0.163. The number of ether oxygens (including phenoxy) is 2. The van der Waals surface area contributed by atoms with E-state index in [-0.39, 0.29) is 6.10 Å². The number of para-hydroxylation sites is 1. The van der Waals surface area contributed by atoms with Crippen LogP contribution in [0.25, 0.3) is 0 Å². The van der Waals surface area contributed by atoms with Gasteiger partial charge in [-0.1, -0.05) is 6.07 Å². The number of esters is 1. The normalized spacial score (nSPS) is 10.1. The van der Waals surface area contributed by atoms with Crippen molar-refractivity contribution in [3.05, 3.63) is 23.8 Å². The molecule has 0 saturated heterocycles. The molecule has 4 nitrogen and oxygen atoms in total. The third kappa shape index (κ3) is 2.62. The number of benzene rings is 1. The summed E-state index contributed by atoms with van der Waals surface area (Å²) in [6, 6.07) is 4.99. The van der Waals surface area contributed by atoms with Crippen LogP contribution in [0.5, 0.6) is 5.75 Å². The zero-order chi connectivity index (χ0) is 11.4. The molecule has 0 heterocycles. The van der Waals surface area contributed by atoms with E-state index in [0.717, 1.165) is 0 Å². The number of anilines is 1. The van der Waals surface area contributed by atoms with Gasteiger partial charge in [-0.15, -0.1) is 0 Å². The van der Waals surface area contributed by atoms with E-state index in [0.29, 0.717) is 17.0 Å². The molecule has 0 aromatic heterocycles. The number of hydrogen-bond donors (Lipinski definition) is 1. The van der Waals surface area contributed by atoms with Crippen LogP contribution in [-0.2, 0) is 4.74 Å². The third-order valence-electron chi connectivity index (χ3n) is 1.81. The molecule has 4 heteroatoms. The van der Waals surface area contributed by atoms with Gasteiger partial charge >= 0.3 is 5.97 Å². The third-order valence-corrected chi connectivity index (χ3v) is 1.81. The van der Waals surface area contributed by atoms with E-state index in [4.69, 9.17) is 15.2 Å². The van der Waals surface area contributed by atoms with Gasteiger partial charge in [-0.05, 0) is 26.0 Å². The largest absolute Gasteiger partial charge is 0.494 e. The maximum absolute atomic E-state index is 11.6. The van der Waals surface area contributed by atoms with E-state index in [1.807, 2.05) is 0 Å². The van der Waals surface area contributed by atoms with Gasteiger partial charge in [-0.3, -0.25) is 0 Å². The number of methoxy groups -OCH3 is 1. The Morgan fingerprint density at radius 1 is 1.40 bits per heavy atom. The molecule has 1 rings (SSSR count). The average Bonchev–Trinajstić information content (AvgIpc) is 2.16. The van der Waals surface area contributed by atoms with Crippen molar-refractivity contribution in [2.24, 2.45) is 0 Å². The van der Waals surface area contributed by atoms with Crippen LogP contribution >= 0.6 is 0 Å². The standard InChI is InChI=1S/C11H15NO3/c1-7(2)15-11(13)8-5-4-6-9(12)10(8)14-3/h4-7H,12H2,1-3H3. The Morgan fingerprint density at radius 2 is 2.07 bits per heavy atom. The lowest BCUT2D eigenvalue weighted by atomic mass is 10.1. The number of carbonyl (C=O) groups is 1. The Hall–Kier alpha value is -1.71. The number of rotatable bonds is 3. The zero-order valence-electron chi connectivity index (χ0n) is 9.11. The minimum absolute atomic E-state index is 0.163. The molecule has 0 aliphatic carbocycles. The zero-order valence-corrected chi connectivity index (χ0v) is 9.11. The first-order valence-corrected chi connectivity index (χ1v) is 4.69. The molecular formula is C11H15NO3. The van der Waals surface area contributed by atoms with Crippen molar-refractivity contribution in [2.75, 3.05) is 12.8 Å². The lowest BCUT2D eigenvalue weighted by molar-refractivity contribution is 0.0374. The summed E-state index contributed by atoms with van der Waals surface area (Å²) in [7, 11) is 1.47. The maximum Gasteiger partial charge on any atom is 0.342 e. The van der Waals surface area contributed by atoms with E-state index in [1.54, 1.807) is 32.0 Å². The first-order valence-electron chi connectivity index (χ1n) is 4.69. The SMILES string of the molecule is COc1c(N)cccc1C(=O)OC(C)C. The second-order valence-electron chi connectivity index (χ2n) is 3.38. The minimum Gasteiger partial charge on any atom is -0.494 e. The molecule has 1 aromatic rings. The lowest BCUT2D eigenvalue weighted by Gasteiger charge is -2.12. The summed E-state index contributed by atoms with van der Waals surface area (Å²) in [5.41, 5.74) is 6.45. The van der Waals surface area contributed by atoms with Crippen LogP contribution in [0.15, 0.2) is 18.2 Å². The highest BCUT2D eigenvalue weighted by Crippen LogP contribution is 2.26. The molecule has 0 aliphatic heterocycles. The molecule has 1 aromatic carbocycles. The summed E-state index contributed by atoms with van der Waals surface area (Å²) in [5.74, 6) is -0.0581. The van der Waals surface area contributed by atoms with E-state index >= 15 is 0 Å². The van der Waals surface area contributed by atoms with Crippen molar-refractivity contribution in [3.8, 4) is 5.75 Å². The van der Waals surface area contributed by atoms with E-state index in [9.17, 15) is 4.79 Å². The van der Waals surface area contributed by atoms with Crippen molar-refractivity contribution < 1.29 is 14.3 Å². The fourth-order valence-electron chi connectivity index (χ4n) is 1.22. The highest BCUT2D eigenvalue weighted by molar-refractivity contribution is 5.94.